The molecule has 1 amide bonds. The first-order valence-electron chi connectivity index (χ1n) is 5.06. The third kappa shape index (κ3) is 2.51. The zero-order valence-electron chi connectivity index (χ0n) is 9.40. The summed E-state index contributed by atoms with van der Waals surface area (Å²) < 4.78 is 0. The highest BCUT2D eigenvalue weighted by Gasteiger charge is 2.17. The Morgan fingerprint density at radius 1 is 1.56 bits per heavy atom. The van der Waals surface area contributed by atoms with Gasteiger partial charge in [0.15, 0.2) is 0 Å². The fourth-order valence-corrected chi connectivity index (χ4v) is 1.40. The molecule has 1 aromatic rings. The molecule has 0 saturated heterocycles. The van der Waals surface area contributed by atoms with Crippen LogP contribution in [-0.4, -0.2) is 29.0 Å². The average molecular weight is 218 g/mol. The van der Waals surface area contributed by atoms with E-state index in [0.717, 1.165) is 5.56 Å². The molecule has 0 spiro atoms. The standard InChI is InChI=1S/C12H14N2O2/c1-3-14(7-6-13)12(16)10-8-9(2)4-5-11(10)15/h4-5,8,15H,3,7H2,1-2H3. The number of benzene rings is 1. The smallest absolute Gasteiger partial charge is 0.258 e. The van der Waals surface area contributed by atoms with Crippen LogP contribution >= 0.6 is 0 Å². The fourth-order valence-electron chi connectivity index (χ4n) is 1.40. The number of nitrogens with zero attached hydrogens (tertiary/aromatic N) is 2. The lowest BCUT2D eigenvalue weighted by molar-refractivity contribution is 0.0781. The van der Waals surface area contributed by atoms with E-state index >= 15 is 0 Å². The third-order valence-electron chi connectivity index (χ3n) is 2.31. The van der Waals surface area contributed by atoms with Crippen LogP contribution in [0.25, 0.3) is 0 Å². The molecule has 1 rings (SSSR count). The van der Waals surface area contributed by atoms with Crippen LogP contribution in [0.15, 0.2) is 18.2 Å². The molecule has 0 unspecified atom stereocenters. The molecule has 4 heteroatoms. The summed E-state index contributed by atoms with van der Waals surface area (Å²) in [5, 5.41) is 18.2. The SMILES string of the molecule is CCN(CC#N)C(=O)c1cc(C)ccc1O. The largest absolute Gasteiger partial charge is 0.507 e. The van der Waals surface area contributed by atoms with Gasteiger partial charge in [-0.05, 0) is 26.0 Å². The molecule has 0 aliphatic carbocycles. The van der Waals surface area contributed by atoms with E-state index < -0.39 is 0 Å². The molecule has 0 aliphatic heterocycles. The van der Waals surface area contributed by atoms with Crippen LogP contribution in [0.1, 0.15) is 22.8 Å². The molecule has 0 heterocycles. The molecule has 0 saturated carbocycles. The maximum atomic E-state index is 12.0. The number of aryl methyl sites for hydroxylation is 1. The number of carbonyl (C=O) groups is 1. The molecule has 0 radical (unpaired) electrons. The van der Waals surface area contributed by atoms with Crippen LogP contribution < -0.4 is 0 Å². The summed E-state index contributed by atoms with van der Waals surface area (Å²) in [6, 6.07) is 6.77. The average Bonchev–Trinajstić information content (AvgIpc) is 2.28. The highest BCUT2D eigenvalue weighted by atomic mass is 16.3. The van der Waals surface area contributed by atoms with Gasteiger partial charge in [0, 0.05) is 6.54 Å². The lowest BCUT2D eigenvalue weighted by atomic mass is 10.1. The predicted octanol–water partition coefficient (Wildman–Crippen LogP) is 1.69. The third-order valence-corrected chi connectivity index (χ3v) is 2.31. The van der Waals surface area contributed by atoms with Crippen molar-refractivity contribution >= 4 is 5.91 Å². The maximum absolute atomic E-state index is 12.0. The van der Waals surface area contributed by atoms with E-state index in [-0.39, 0.29) is 23.8 Å². The van der Waals surface area contributed by atoms with Gasteiger partial charge in [-0.25, -0.2) is 0 Å². The highest BCUT2D eigenvalue weighted by molar-refractivity contribution is 5.97. The highest BCUT2D eigenvalue weighted by Crippen LogP contribution is 2.19. The van der Waals surface area contributed by atoms with Crippen molar-refractivity contribution in [2.75, 3.05) is 13.1 Å². The number of amides is 1. The first-order chi connectivity index (χ1) is 7.60. The molecule has 0 aliphatic rings. The van der Waals surface area contributed by atoms with Crippen LogP contribution in [0.2, 0.25) is 0 Å². The molecule has 1 aromatic carbocycles. The summed E-state index contributed by atoms with van der Waals surface area (Å²) in [6.45, 7) is 4.11. The Hall–Kier alpha value is -2.02. The topological polar surface area (TPSA) is 64.3 Å². The summed E-state index contributed by atoms with van der Waals surface area (Å²) in [6.07, 6.45) is 0. The lowest BCUT2D eigenvalue weighted by Gasteiger charge is -2.17. The summed E-state index contributed by atoms with van der Waals surface area (Å²) in [5.41, 5.74) is 1.14. The zero-order valence-corrected chi connectivity index (χ0v) is 9.40. The summed E-state index contributed by atoms with van der Waals surface area (Å²) in [5.74, 6) is -0.364. The van der Waals surface area contributed by atoms with Gasteiger partial charge < -0.3 is 10.0 Å². The quantitative estimate of drug-likeness (QED) is 0.785. The van der Waals surface area contributed by atoms with Crippen molar-refractivity contribution in [3.05, 3.63) is 29.3 Å². The number of phenols is 1. The second kappa shape index (κ2) is 5.17. The van der Waals surface area contributed by atoms with Crippen LogP contribution in [0, 0.1) is 18.3 Å². The van der Waals surface area contributed by atoms with Crippen molar-refractivity contribution in [2.24, 2.45) is 0 Å². The second-order valence-corrected chi connectivity index (χ2v) is 3.50. The Morgan fingerprint density at radius 3 is 2.81 bits per heavy atom. The van der Waals surface area contributed by atoms with Crippen molar-refractivity contribution in [3.8, 4) is 11.8 Å². The van der Waals surface area contributed by atoms with E-state index in [2.05, 4.69) is 0 Å². The molecule has 1 N–H and O–H groups in total. The van der Waals surface area contributed by atoms with E-state index in [4.69, 9.17) is 5.26 Å². The van der Waals surface area contributed by atoms with Crippen LogP contribution in [0.4, 0.5) is 0 Å². The Balaban J connectivity index is 3.03. The van der Waals surface area contributed by atoms with Crippen LogP contribution in [-0.2, 0) is 0 Å². The lowest BCUT2D eigenvalue weighted by Crippen LogP contribution is -2.31. The van der Waals surface area contributed by atoms with Gasteiger partial charge in [-0.15, -0.1) is 0 Å². The van der Waals surface area contributed by atoms with Gasteiger partial charge in [-0.2, -0.15) is 5.26 Å². The monoisotopic (exact) mass is 218 g/mol. The molecular weight excluding hydrogens is 204 g/mol. The maximum Gasteiger partial charge on any atom is 0.258 e. The first kappa shape index (κ1) is 12.1. The summed E-state index contributed by atoms with van der Waals surface area (Å²) in [7, 11) is 0. The van der Waals surface area contributed by atoms with Gasteiger partial charge in [0.1, 0.15) is 12.3 Å². The first-order valence-corrected chi connectivity index (χ1v) is 5.06. The number of phenolic OH excluding ortho intramolecular Hbond substituents is 1. The molecule has 0 atom stereocenters. The summed E-state index contributed by atoms with van der Waals surface area (Å²) >= 11 is 0. The number of hydrogen-bond donors (Lipinski definition) is 1. The minimum atomic E-state index is -0.315. The van der Waals surface area contributed by atoms with E-state index in [0.29, 0.717) is 6.54 Å². The molecule has 84 valence electrons. The van der Waals surface area contributed by atoms with Crippen molar-refractivity contribution in [1.82, 2.24) is 4.90 Å². The van der Waals surface area contributed by atoms with Crippen LogP contribution in [0.3, 0.4) is 0 Å². The van der Waals surface area contributed by atoms with Gasteiger partial charge in [0.2, 0.25) is 0 Å². The number of hydrogen-bond acceptors (Lipinski definition) is 3. The van der Waals surface area contributed by atoms with Crippen molar-refractivity contribution < 1.29 is 9.90 Å². The number of aromatic hydroxyl groups is 1. The minimum Gasteiger partial charge on any atom is -0.507 e. The Labute approximate surface area is 94.7 Å². The molecule has 0 bridgehead atoms. The van der Waals surface area contributed by atoms with E-state index in [1.165, 1.54) is 11.0 Å². The van der Waals surface area contributed by atoms with Crippen LogP contribution in [0.5, 0.6) is 5.75 Å². The molecule has 4 nitrogen and oxygen atoms in total. The molecule has 0 fully saturated rings. The Morgan fingerprint density at radius 2 is 2.25 bits per heavy atom. The predicted molar refractivity (Wildman–Crippen MR) is 60.0 cm³/mol. The van der Waals surface area contributed by atoms with Gasteiger partial charge in [-0.1, -0.05) is 11.6 Å². The molecular formula is C12H14N2O2. The normalized spacial score (nSPS) is 9.56. The van der Waals surface area contributed by atoms with E-state index in [1.54, 1.807) is 19.1 Å². The molecule has 16 heavy (non-hydrogen) atoms. The molecule has 0 aromatic heterocycles. The second-order valence-electron chi connectivity index (χ2n) is 3.50. The number of rotatable bonds is 3. The van der Waals surface area contributed by atoms with Crippen molar-refractivity contribution in [1.29, 1.82) is 5.26 Å². The van der Waals surface area contributed by atoms with Gasteiger partial charge in [0.25, 0.3) is 5.91 Å². The van der Waals surface area contributed by atoms with E-state index in [1.807, 2.05) is 13.0 Å². The zero-order chi connectivity index (χ0) is 12.1. The minimum absolute atomic E-state index is 0.0305. The Kier molecular flexibility index (Phi) is 3.90. The summed E-state index contributed by atoms with van der Waals surface area (Å²) in [4.78, 5) is 13.3. The van der Waals surface area contributed by atoms with Crippen molar-refractivity contribution in [3.63, 3.8) is 0 Å². The van der Waals surface area contributed by atoms with Gasteiger partial charge in [-0.3, -0.25) is 4.79 Å². The number of carbonyl (C=O) groups excluding carboxylic acids is 1. The Bertz CT molecular complexity index is 435. The number of nitriles is 1. The van der Waals surface area contributed by atoms with E-state index in [9.17, 15) is 9.90 Å². The fraction of sp³-hybridized carbons (Fsp3) is 0.333. The van der Waals surface area contributed by atoms with Gasteiger partial charge >= 0.3 is 0 Å². The van der Waals surface area contributed by atoms with Crippen molar-refractivity contribution in [2.45, 2.75) is 13.8 Å². The van der Waals surface area contributed by atoms with Gasteiger partial charge in [0.05, 0.1) is 11.6 Å².